The minimum atomic E-state index is -1.28. The first-order valence-corrected chi connectivity index (χ1v) is 13.1. The first-order valence-electron chi connectivity index (χ1n) is 13.1. The van der Waals surface area contributed by atoms with E-state index >= 15 is 0 Å². The number of primary amides is 1. The molecule has 0 fully saturated rings. The minimum Gasteiger partial charge on any atom is -0.444 e. The van der Waals surface area contributed by atoms with Crippen LogP contribution in [0.2, 0.25) is 0 Å². The Morgan fingerprint density at radius 1 is 1.00 bits per heavy atom. The summed E-state index contributed by atoms with van der Waals surface area (Å²) in [4.78, 5) is 53.6. The van der Waals surface area contributed by atoms with E-state index in [1.807, 2.05) is 45.9 Å². The number of carbonyl (C=O) groups excluding carboxylic acids is 4. The second-order valence-corrected chi connectivity index (χ2v) is 10.8. The summed E-state index contributed by atoms with van der Waals surface area (Å²) in [6.07, 6.45) is 2.25. The number of nitrogens with zero attached hydrogens (tertiary/aromatic N) is 1. The van der Waals surface area contributed by atoms with Crippen LogP contribution in [0.5, 0.6) is 0 Å². The number of benzene rings is 1. The molecule has 208 valence electrons. The van der Waals surface area contributed by atoms with Gasteiger partial charge in [-0.2, -0.15) is 0 Å². The van der Waals surface area contributed by atoms with Crippen molar-refractivity contribution < 1.29 is 23.9 Å². The molecule has 0 radical (unpaired) electrons. The molecule has 2 atom stereocenters. The second-order valence-electron chi connectivity index (χ2n) is 10.8. The van der Waals surface area contributed by atoms with Crippen molar-refractivity contribution in [2.75, 3.05) is 6.54 Å². The van der Waals surface area contributed by atoms with Crippen molar-refractivity contribution in [3.05, 3.63) is 34.9 Å². The fraction of sp³-hybridized carbons (Fsp3) is 0.643. The lowest BCUT2D eigenvalue weighted by Gasteiger charge is -2.36. The molecule has 37 heavy (non-hydrogen) atoms. The molecule has 1 aromatic carbocycles. The predicted octanol–water partition coefficient (Wildman–Crippen LogP) is 4.05. The molecule has 1 rings (SSSR count). The van der Waals surface area contributed by atoms with Crippen molar-refractivity contribution in [1.82, 2.24) is 15.5 Å². The van der Waals surface area contributed by atoms with Gasteiger partial charge in [0.15, 0.2) is 0 Å². The first-order chi connectivity index (χ1) is 17.2. The SMILES string of the molecule is CCCCCCN(C(=O)C(CC(N)=O)NC(=O)OC(C)(C)C)C(C(=O)NC(C)C)c1c(C)cccc1C. The van der Waals surface area contributed by atoms with Gasteiger partial charge < -0.3 is 26.0 Å². The Hall–Kier alpha value is -3.10. The fourth-order valence-corrected chi connectivity index (χ4v) is 4.18. The number of ether oxygens (including phenoxy) is 1. The Bertz CT molecular complexity index is 919. The van der Waals surface area contributed by atoms with Crippen LogP contribution in [-0.4, -0.2) is 52.9 Å². The maximum Gasteiger partial charge on any atom is 0.408 e. The van der Waals surface area contributed by atoms with Gasteiger partial charge in [0.25, 0.3) is 0 Å². The predicted molar refractivity (Wildman–Crippen MR) is 145 cm³/mol. The molecule has 0 aromatic heterocycles. The van der Waals surface area contributed by atoms with Crippen molar-refractivity contribution in [2.45, 2.75) is 111 Å². The molecule has 0 aliphatic rings. The molecule has 1 aromatic rings. The number of nitrogens with one attached hydrogen (secondary N) is 2. The number of rotatable bonds is 13. The molecule has 0 aliphatic carbocycles. The van der Waals surface area contributed by atoms with Gasteiger partial charge in [-0.25, -0.2) is 4.79 Å². The van der Waals surface area contributed by atoms with E-state index < -0.39 is 42.0 Å². The molecule has 0 bridgehead atoms. The largest absolute Gasteiger partial charge is 0.444 e. The summed E-state index contributed by atoms with van der Waals surface area (Å²) in [5.41, 5.74) is 7.10. The van der Waals surface area contributed by atoms with Crippen molar-refractivity contribution in [1.29, 1.82) is 0 Å². The molecule has 4 N–H and O–H groups in total. The van der Waals surface area contributed by atoms with Gasteiger partial charge in [-0.15, -0.1) is 0 Å². The Balaban J connectivity index is 3.58. The van der Waals surface area contributed by atoms with Crippen molar-refractivity contribution >= 4 is 23.8 Å². The lowest BCUT2D eigenvalue weighted by molar-refractivity contribution is -0.143. The van der Waals surface area contributed by atoms with Crippen LogP contribution in [0, 0.1) is 13.8 Å². The van der Waals surface area contributed by atoms with E-state index in [2.05, 4.69) is 17.6 Å². The normalized spacial score (nSPS) is 13.0. The second kappa shape index (κ2) is 14.6. The molecular weight excluding hydrogens is 472 g/mol. The lowest BCUT2D eigenvalue weighted by atomic mass is 9.93. The van der Waals surface area contributed by atoms with Crippen LogP contribution >= 0.6 is 0 Å². The highest BCUT2D eigenvalue weighted by Gasteiger charge is 2.38. The summed E-state index contributed by atoms with van der Waals surface area (Å²) in [6, 6.07) is 3.32. The van der Waals surface area contributed by atoms with E-state index in [1.165, 1.54) is 4.90 Å². The van der Waals surface area contributed by atoms with Crippen molar-refractivity contribution in [3.8, 4) is 0 Å². The Kier molecular flexibility index (Phi) is 12.6. The molecule has 0 saturated carbocycles. The molecule has 0 heterocycles. The first kappa shape index (κ1) is 31.9. The minimum absolute atomic E-state index is 0.155. The summed E-state index contributed by atoms with van der Waals surface area (Å²) in [5.74, 6) is -1.64. The van der Waals surface area contributed by atoms with Gasteiger partial charge in [0.05, 0.1) is 6.42 Å². The Morgan fingerprint density at radius 3 is 2.08 bits per heavy atom. The molecule has 0 aliphatic heterocycles. The third-order valence-electron chi connectivity index (χ3n) is 5.74. The van der Waals surface area contributed by atoms with Crippen LogP contribution in [-0.2, 0) is 19.1 Å². The lowest BCUT2D eigenvalue weighted by Crippen LogP contribution is -2.54. The topological polar surface area (TPSA) is 131 Å². The number of hydrogen-bond donors (Lipinski definition) is 3. The van der Waals surface area contributed by atoms with E-state index in [-0.39, 0.29) is 18.5 Å². The number of aryl methyl sites for hydroxylation is 2. The molecule has 2 unspecified atom stereocenters. The van der Waals surface area contributed by atoms with Crippen molar-refractivity contribution in [3.63, 3.8) is 0 Å². The number of alkyl carbamates (subject to hydrolysis) is 1. The zero-order chi connectivity index (χ0) is 28.3. The third-order valence-corrected chi connectivity index (χ3v) is 5.74. The zero-order valence-corrected chi connectivity index (χ0v) is 23.8. The average molecular weight is 519 g/mol. The van der Waals surface area contributed by atoms with Crippen LogP contribution in [0.15, 0.2) is 18.2 Å². The summed E-state index contributed by atoms with van der Waals surface area (Å²) >= 11 is 0. The molecule has 0 saturated heterocycles. The number of unbranched alkanes of at least 4 members (excludes halogenated alkanes) is 3. The average Bonchev–Trinajstić information content (AvgIpc) is 2.74. The van der Waals surface area contributed by atoms with E-state index in [9.17, 15) is 19.2 Å². The summed E-state index contributed by atoms with van der Waals surface area (Å²) in [7, 11) is 0. The highest BCUT2D eigenvalue weighted by molar-refractivity contribution is 5.94. The third kappa shape index (κ3) is 10.8. The maximum atomic E-state index is 14.0. The highest BCUT2D eigenvalue weighted by Crippen LogP contribution is 2.29. The van der Waals surface area contributed by atoms with E-state index in [0.29, 0.717) is 6.42 Å². The Morgan fingerprint density at radius 2 is 1.59 bits per heavy atom. The molecule has 0 spiro atoms. The number of carbonyl (C=O) groups is 4. The van der Waals surface area contributed by atoms with Crippen molar-refractivity contribution in [2.24, 2.45) is 5.73 Å². The smallest absolute Gasteiger partial charge is 0.408 e. The van der Waals surface area contributed by atoms with Crippen LogP contribution in [0.4, 0.5) is 4.79 Å². The van der Waals surface area contributed by atoms with Crippen LogP contribution in [0.1, 0.15) is 96.4 Å². The summed E-state index contributed by atoms with van der Waals surface area (Å²) in [6.45, 7) is 15.0. The Labute approximate surface area is 221 Å². The zero-order valence-electron chi connectivity index (χ0n) is 23.8. The molecule has 9 nitrogen and oxygen atoms in total. The molecule has 9 heteroatoms. The molecular formula is C28H46N4O5. The van der Waals surface area contributed by atoms with Crippen LogP contribution < -0.4 is 16.4 Å². The number of amides is 4. The fourth-order valence-electron chi connectivity index (χ4n) is 4.18. The summed E-state index contributed by atoms with van der Waals surface area (Å²) in [5, 5.41) is 5.46. The van der Waals surface area contributed by atoms with Gasteiger partial charge in [-0.1, -0.05) is 44.4 Å². The van der Waals surface area contributed by atoms with Gasteiger partial charge in [0, 0.05) is 12.6 Å². The van der Waals surface area contributed by atoms with E-state index in [1.54, 1.807) is 20.8 Å². The summed E-state index contributed by atoms with van der Waals surface area (Å²) < 4.78 is 5.32. The monoisotopic (exact) mass is 518 g/mol. The highest BCUT2D eigenvalue weighted by atomic mass is 16.6. The van der Waals surface area contributed by atoms with E-state index in [4.69, 9.17) is 10.5 Å². The van der Waals surface area contributed by atoms with Gasteiger partial charge in [0.2, 0.25) is 17.7 Å². The van der Waals surface area contributed by atoms with E-state index in [0.717, 1.165) is 36.0 Å². The van der Waals surface area contributed by atoms with Gasteiger partial charge >= 0.3 is 6.09 Å². The standard InChI is InChI=1S/C28H46N4O5/c1-9-10-11-12-16-32(26(35)21(17-22(29)33)31-27(36)37-28(6,7)8)24(25(34)30-18(2)3)23-19(4)14-13-15-20(23)5/h13-15,18,21,24H,9-12,16-17H2,1-8H3,(H2,29,33)(H,30,34)(H,31,36). The van der Waals surface area contributed by atoms with Gasteiger partial charge in [-0.05, 0) is 71.6 Å². The van der Waals surface area contributed by atoms with Gasteiger partial charge in [0.1, 0.15) is 17.7 Å². The quantitative estimate of drug-likeness (QED) is 0.339. The maximum absolute atomic E-state index is 14.0. The number of nitrogens with two attached hydrogens (primary N) is 1. The van der Waals surface area contributed by atoms with Gasteiger partial charge in [-0.3, -0.25) is 14.4 Å². The van der Waals surface area contributed by atoms with Crippen LogP contribution in [0.25, 0.3) is 0 Å². The molecule has 4 amide bonds. The number of hydrogen-bond acceptors (Lipinski definition) is 5. The van der Waals surface area contributed by atoms with Crippen LogP contribution in [0.3, 0.4) is 0 Å².